The molecule has 1 heterocycles. The maximum Gasteiger partial charge on any atom is 0.240 e. The van der Waals surface area contributed by atoms with E-state index in [0.717, 1.165) is 23.7 Å². The summed E-state index contributed by atoms with van der Waals surface area (Å²) < 4.78 is 0. The molecule has 1 aromatic heterocycles. The molecule has 1 saturated carbocycles. The van der Waals surface area contributed by atoms with Gasteiger partial charge in [-0.25, -0.2) is 4.98 Å². The Morgan fingerprint density at radius 2 is 2.00 bits per heavy atom. The molecule has 1 fully saturated rings. The fraction of sp³-hybridized carbons (Fsp3) is 0.500. The third-order valence-electron chi connectivity index (χ3n) is 4.46. The van der Waals surface area contributed by atoms with E-state index >= 15 is 0 Å². The second-order valence-corrected chi connectivity index (χ2v) is 7.63. The molecule has 0 bridgehead atoms. The zero-order chi connectivity index (χ0) is 16.9. The van der Waals surface area contributed by atoms with Crippen LogP contribution in [0.3, 0.4) is 0 Å². The number of hydrogen-bond donors (Lipinski definition) is 1. The highest BCUT2D eigenvalue weighted by atomic mass is 32.2. The number of aromatic amines is 1. The van der Waals surface area contributed by atoms with Crippen molar-refractivity contribution in [3.8, 4) is 0 Å². The minimum atomic E-state index is -0.323. The predicted octanol–water partition coefficient (Wildman–Crippen LogP) is 3.46. The summed E-state index contributed by atoms with van der Waals surface area (Å²) in [7, 11) is 3.56. The number of H-pyrrole nitrogens is 1. The van der Waals surface area contributed by atoms with Crippen molar-refractivity contribution in [3.05, 3.63) is 41.7 Å². The van der Waals surface area contributed by atoms with Gasteiger partial charge in [-0.2, -0.15) is 0 Å². The fourth-order valence-electron chi connectivity index (χ4n) is 3.14. The molecule has 0 spiro atoms. The standard InChI is InChI=1S/C18H24N4OS/c1-22(2)17(23)16(14-10-4-3-5-11-14)24-18-19-15(20-21-18)12-13-8-6-7-9-13/h3-5,10-11,13,16H,6-9,12H2,1-2H3,(H,19,20,21). The summed E-state index contributed by atoms with van der Waals surface area (Å²) in [6, 6.07) is 9.82. The van der Waals surface area contributed by atoms with Gasteiger partial charge >= 0.3 is 0 Å². The highest BCUT2D eigenvalue weighted by Crippen LogP contribution is 2.35. The van der Waals surface area contributed by atoms with E-state index in [2.05, 4.69) is 15.2 Å². The van der Waals surface area contributed by atoms with Crippen LogP contribution in [0, 0.1) is 5.92 Å². The van der Waals surface area contributed by atoms with Gasteiger partial charge in [-0.1, -0.05) is 67.8 Å². The van der Waals surface area contributed by atoms with Crippen molar-refractivity contribution >= 4 is 17.7 Å². The molecule has 5 nitrogen and oxygen atoms in total. The largest absolute Gasteiger partial charge is 0.348 e. The van der Waals surface area contributed by atoms with Gasteiger partial charge in [0.15, 0.2) is 0 Å². The van der Waals surface area contributed by atoms with Gasteiger partial charge in [0, 0.05) is 20.5 Å². The molecular formula is C18H24N4OS. The number of rotatable bonds is 6. The fourth-order valence-corrected chi connectivity index (χ4v) is 4.22. The molecule has 2 aromatic rings. The van der Waals surface area contributed by atoms with Gasteiger partial charge in [0.2, 0.25) is 11.1 Å². The summed E-state index contributed by atoms with van der Waals surface area (Å²) in [4.78, 5) is 18.8. The quantitative estimate of drug-likeness (QED) is 0.815. The van der Waals surface area contributed by atoms with E-state index in [1.54, 1.807) is 19.0 Å². The number of carbonyl (C=O) groups is 1. The van der Waals surface area contributed by atoms with Crippen LogP contribution in [-0.4, -0.2) is 40.1 Å². The number of hydrogen-bond acceptors (Lipinski definition) is 4. The smallest absolute Gasteiger partial charge is 0.240 e. The van der Waals surface area contributed by atoms with Crippen molar-refractivity contribution in [2.24, 2.45) is 5.92 Å². The van der Waals surface area contributed by atoms with Gasteiger partial charge in [-0.15, -0.1) is 5.10 Å². The Morgan fingerprint density at radius 3 is 2.67 bits per heavy atom. The molecule has 1 amide bonds. The van der Waals surface area contributed by atoms with Crippen molar-refractivity contribution in [2.75, 3.05) is 14.1 Å². The van der Waals surface area contributed by atoms with Crippen LogP contribution in [-0.2, 0) is 11.2 Å². The lowest BCUT2D eigenvalue weighted by Gasteiger charge is -2.19. The van der Waals surface area contributed by atoms with E-state index in [4.69, 9.17) is 0 Å². The number of likely N-dealkylation sites (N-methyl/N-ethyl adjacent to an activating group) is 1. The number of aromatic nitrogens is 3. The van der Waals surface area contributed by atoms with Crippen molar-refractivity contribution in [3.63, 3.8) is 0 Å². The van der Waals surface area contributed by atoms with Gasteiger partial charge in [-0.3, -0.25) is 9.89 Å². The SMILES string of the molecule is CN(C)C(=O)C(Sc1n[nH]c(CC2CCCC2)n1)c1ccccc1. The van der Waals surface area contributed by atoms with Crippen molar-refractivity contribution < 1.29 is 4.79 Å². The van der Waals surface area contributed by atoms with Gasteiger partial charge in [0.1, 0.15) is 11.1 Å². The topological polar surface area (TPSA) is 61.9 Å². The van der Waals surface area contributed by atoms with Crippen LogP contribution in [0.15, 0.2) is 35.5 Å². The van der Waals surface area contributed by atoms with E-state index in [-0.39, 0.29) is 11.2 Å². The van der Waals surface area contributed by atoms with E-state index < -0.39 is 0 Å². The molecule has 3 rings (SSSR count). The third-order valence-corrected chi connectivity index (χ3v) is 5.56. The third kappa shape index (κ3) is 4.17. The summed E-state index contributed by atoms with van der Waals surface area (Å²) >= 11 is 1.41. The molecule has 24 heavy (non-hydrogen) atoms. The van der Waals surface area contributed by atoms with Crippen LogP contribution in [0.2, 0.25) is 0 Å². The number of carbonyl (C=O) groups excluding carboxylic acids is 1. The second kappa shape index (κ2) is 7.83. The molecule has 1 atom stereocenters. The van der Waals surface area contributed by atoms with E-state index in [9.17, 15) is 4.79 Å². The Morgan fingerprint density at radius 1 is 1.29 bits per heavy atom. The molecule has 1 unspecified atom stereocenters. The zero-order valence-corrected chi connectivity index (χ0v) is 15.1. The minimum absolute atomic E-state index is 0.0494. The average Bonchev–Trinajstić information content (AvgIpc) is 3.25. The maximum atomic E-state index is 12.6. The Kier molecular flexibility index (Phi) is 5.56. The van der Waals surface area contributed by atoms with E-state index in [1.807, 2.05) is 30.3 Å². The molecule has 1 aliphatic carbocycles. The molecule has 1 N–H and O–H groups in total. The lowest BCUT2D eigenvalue weighted by Crippen LogP contribution is -2.26. The van der Waals surface area contributed by atoms with Crippen LogP contribution in [0.1, 0.15) is 42.3 Å². The average molecular weight is 344 g/mol. The molecule has 0 radical (unpaired) electrons. The molecule has 6 heteroatoms. The Balaban J connectivity index is 1.72. The molecular weight excluding hydrogens is 320 g/mol. The van der Waals surface area contributed by atoms with Gasteiger partial charge in [0.05, 0.1) is 0 Å². The van der Waals surface area contributed by atoms with Crippen LogP contribution >= 0.6 is 11.8 Å². The summed E-state index contributed by atoms with van der Waals surface area (Å²) in [5, 5.41) is 7.69. The Bertz CT molecular complexity index is 665. The second-order valence-electron chi connectivity index (χ2n) is 6.56. The number of nitrogens with one attached hydrogen (secondary N) is 1. The van der Waals surface area contributed by atoms with Crippen LogP contribution in [0.25, 0.3) is 0 Å². The molecule has 1 aromatic carbocycles. The lowest BCUT2D eigenvalue weighted by molar-refractivity contribution is -0.128. The molecule has 128 valence electrons. The summed E-state index contributed by atoms with van der Waals surface area (Å²) in [5.74, 6) is 1.71. The van der Waals surface area contributed by atoms with Crippen molar-refractivity contribution in [1.29, 1.82) is 0 Å². The minimum Gasteiger partial charge on any atom is -0.348 e. The highest BCUT2D eigenvalue weighted by Gasteiger charge is 2.25. The number of benzene rings is 1. The normalized spacial score (nSPS) is 16.2. The predicted molar refractivity (Wildman–Crippen MR) is 95.8 cm³/mol. The van der Waals surface area contributed by atoms with Crippen molar-refractivity contribution in [1.82, 2.24) is 20.1 Å². The van der Waals surface area contributed by atoms with Crippen LogP contribution in [0.4, 0.5) is 0 Å². The highest BCUT2D eigenvalue weighted by molar-refractivity contribution is 8.00. The van der Waals surface area contributed by atoms with Crippen molar-refractivity contribution in [2.45, 2.75) is 42.5 Å². The molecule has 0 saturated heterocycles. The van der Waals surface area contributed by atoms with Crippen LogP contribution < -0.4 is 0 Å². The lowest BCUT2D eigenvalue weighted by atomic mass is 10.0. The van der Waals surface area contributed by atoms with E-state index in [1.165, 1.54) is 37.4 Å². The molecule has 0 aliphatic heterocycles. The summed E-state index contributed by atoms with van der Waals surface area (Å²) in [5.41, 5.74) is 0.975. The number of thioether (sulfide) groups is 1. The van der Waals surface area contributed by atoms with Gasteiger partial charge in [0.25, 0.3) is 0 Å². The number of nitrogens with zero attached hydrogens (tertiary/aromatic N) is 3. The maximum absolute atomic E-state index is 12.6. The van der Waals surface area contributed by atoms with Gasteiger partial charge in [-0.05, 0) is 11.5 Å². The summed E-state index contributed by atoms with van der Waals surface area (Å²) in [6.07, 6.45) is 6.19. The van der Waals surface area contributed by atoms with E-state index in [0.29, 0.717) is 5.16 Å². The van der Waals surface area contributed by atoms with Crippen LogP contribution in [0.5, 0.6) is 0 Å². The number of amides is 1. The molecule has 1 aliphatic rings. The Hall–Kier alpha value is -1.82. The summed E-state index contributed by atoms with van der Waals surface area (Å²) in [6.45, 7) is 0. The monoisotopic (exact) mass is 344 g/mol. The first-order valence-corrected chi connectivity index (χ1v) is 9.35. The first kappa shape index (κ1) is 17.0. The zero-order valence-electron chi connectivity index (χ0n) is 14.2. The first-order valence-electron chi connectivity index (χ1n) is 8.47. The van der Waals surface area contributed by atoms with Gasteiger partial charge < -0.3 is 4.90 Å². The Labute approximate surface area is 147 Å². The first-order chi connectivity index (χ1) is 11.6.